The quantitative estimate of drug-likeness (QED) is 0.905. The van der Waals surface area contributed by atoms with Gasteiger partial charge in [-0.05, 0) is 30.9 Å². The molecule has 0 saturated heterocycles. The van der Waals surface area contributed by atoms with Crippen LogP contribution in [0.25, 0.3) is 0 Å². The summed E-state index contributed by atoms with van der Waals surface area (Å²) >= 11 is 0. The van der Waals surface area contributed by atoms with Crippen LogP contribution in [0, 0.1) is 5.92 Å². The molecule has 0 aliphatic carbocycles. The summed E-state index contributed by atoms with van der Waals surface area (Å²) in [6.07, 6.45) is 5.16. The van der Waals surface area contributed by atoms with Crippen LogP contribution in [0.2, 0.25) is 0 Å². The van der Waals surface area contributed by atoms with Crippen LogP contribution in [0.5, 0.6) is 11.5 Å². The van der Waals surface area contributed by atoms with Crippen LogP contribution in [0.4, 0.5) is 0 Å². The maximum Gasteiger partial charge on any atom is 0.227 e. The van der Waals surface area contributed by atoms with Gasteiger partial charge in [-0.2, -0.15) is 0 Å². The number of aryl methyl sites for hydroxylation is 1. The van der Waals surface area contributed by atoms with Crippen molar-refractivity contribution >= 4 is 5.91 Å². The minimum atomic E-state index is -0.192. The van der Waals surface area contributed by atoms with Crippen LogP contribution < -0.4 is 14.8 Å². The van der Waals surface area contributed by atoms with Gasteiger partial charge in [0.15, 0.2) is 5.82 Å². The number of ether oxygens (including phenoxy) is 2. The standard InChI is InChI=1S/C19H24N4O3/c1-25-15-7-6-13-9-14(12-26-16(13)10-15)19(24)20-11-18-22-21-17-5-3-2-4-8-23(17)18/h6-7,10,14H,2-5,8-9,11-12H2,1H3,(H,20,24). The third kappa shape index (κ3) is 3.38. The maximum absolute atomic E-state index is 12.6. The fourth-order valence-corrected chi connectivity index (χ4v) is 3.63. The Labute approximate surface area is 152 Å². The van der Waals surface area contributed by atoms with Gasteiger partial charge < -0.3 is 19.4 Å². The average Bonchev–Trinajstić information content (AvgIpc) is 2.91. The molecule has 0 fully saturated rings. The van der Waals surface area contributed by atoms with E-state index in [0.717, 1.165) is 54.5 Å². The zero-order chi connectivity index (χ0) is 17.9. The Bertz CT molecular complexity index is 802. The number of hydrogen-bond donors (Lipinski definition) is 1. The smallest absolute Gasteiger partial charge is 0.227 e. The average molecular weight is 356 g/mol. The van der Waals surface area contributed by atoms with Gasteiger partial charge in [0.05, 0.1) is 19.6 Å². The molecule has 1 N–H and O–H groups in total. The van der Waals surface area contributed by atoms with E-state index in [0.29, 0.717) is 19.6 Å². The normalized spacial score (nSPS) is 18.9. The predicted molar refractivity (Wildman–Crippen MR) is 95.1 cm³/mol. The van der Waals surface area contributed by atoms with Crippen LogP contribution in [0.15, 0.2) is 18.2 Å². The van der Waals surface area contributed by atoms with Crippen molar-refractivity contribution in [3.63, 3.8) is 0 Å². The van der Waals surface area contributed by atoms with Gasteiger partial charge in [-0.25, -0.2) is 0 Å². The summed E-state index contributed by atoms with van der Waals surface area (Å²) in [6.45, 7) is 1.73. The van der Waals surface area contributed by atoms with Crippen molar-refractivity contribution in [3.8, 4) is 11.5 Å². The molecule has 26 heavy (non-hydrogen) atoms. The largest absolute Gasteiger partial charge is 0.497 e. The van der Waals surface area contributed by atoms with Gasteiger partial charge in [0.25, 0.3) is 0 Å². The van der Waals surface area contributed by atoms with E-state index < -0.39 is 0 Å². The van der Waals surface area contributed by atoms with Crippen molar-refractivity contribution in [3.05, 3.63) is 35.4 Å². The van der Waals surface area contributed by atoms with Crippen molar-refractivity contribution in [1.29, 1.82) is 0 Å². The topological polar surface area (TPSA) is 78.3 Å². The summed E-state index contributed by atoms with van der Waals surface area (Å²) < 4.78 is 13.1. The predicted octanol–water partition coefficient (Wildman–Crippen LogP) is 1.88. The second-order valence-electron chi connectivity index (χ2n) is 6.90. The lowest BCUT2D eigenvalue weighted by Crippen LogP contribution is -2.37. The number of aromatic nitrogens is 3. The lowest BCUT2D eigenvalue weighted by molar-refractivity contribution is -0.126. The first-order valence-corrected chi connectivity index (χ1v) is 9.23. The summed E-state index contributed by atoms with van der Waals surface area (Å²) in [4.78, 5) is 12.6. The lowest BCUT2D eigenvalue weighted by Gasteiger charge is -2.25. The number of methoxy groups -OCH3 is 1. The number of nitrogens with one attached hydrogen (secondary N) is 1. The maximum atomic E-state index is 12.6. The Hall–Kier alpha value is -2.57. The third-order valence-corrected chi connectivity index (χ3v) is 5.16. The summed E-state index contributed by atoms with van der Waals surface area (Å²) in [6, 6.07) is 5.73. The molecule has 0 spiro atoms. The second kappa shape index (κ2) is 7.35. The first-order chi connectivity index (χ1) is 12.7. The molecule has 0 bridgehead atoms. The van der Waals surface area contributed by atoms with Crippen LogP contribution in [-0.4, -0.2) is 34.4 Å². The molecule has 4 rings (SSSR count). The molecule has 1 amide bonds. The molecule has 0 saturated carbocycles. The van der Waals surface area contributed by atoms with E-state index in [1.807, 2.05) is 18.2 Å². The van der Waals surface area contributed by atoms with E-state index in [4.69, 9.17) is 9.47 Å². The van der Waals surface area contributed by atoms with Crippen molar-refractivity contribution < 1.29 is 14.3 Å². The molecule has 0 radical (unpaired) electrons. The van der Waals surface area contributed by atoms with Gasteiger partial charge in [-0.3, -0.25) is 4.79 Å². The molecule has 2 aliphatic rings. The molecule has 3 heterocycles. The summed E-state index contributed by atoms with van der Waals surface area (Å²) in [5, 5.41) is 11.6. The SMILES string of the molecule is COc1ccc2c(c1)OCC(C(=O)NCc1nnc3n1CCCCC3)C2. The Morgan fingerprint density at radius 1 is 1.35 bits per heavy atom. The number of carbonyl (C=O) groups excluding carboxylic acids is 1. The highest BCUT2D eigenvalue weighted by atomic mass is 16.5. The molecule has 2 aliphatic heterocycles. The van der Waals surface area contributed by atoms with E-state index in [9.17, 15) is 4.79 Å². The van der Waals surface area contributed by atoms with E-state index in [1.165, 1.54) is 6.42 Å². The number of carbonyl (C=O) groups is 1. The second-order valence-corrected chi connectivity index (χ2v) is 6.90. The fraction of sp³-hybridized carbons (Fsp3) is 0.526. The minimum absolute atomic E-state index is 0.00237. The number of fused-ring (bicyclic) bond motifs is 2. The van der Waals surface area contributed by atoms with Crippen molar-refractivity contribution in [1.82, 2.24) is 20.1 Å². The van der Waals surface area contributed by atoms with Gasteiger partial charge in [0.2, 0.25) is 5.91 Å². The molecule has 2 aromatic rings. The molecule has 1 aromatic heterocycles. The van der Waals surface area contributed by atoms with Crippen LogP contribution in [0.1, 0.15) is 36.5 Å². The van der Waals surface area contributed by atoms with E-state index in [2.05, 4.69) is 20.1 Å². The first-order valence-electron chi connectivity index (χ1n) is 9.23. The Balaban J connectivity index is 1.38. The zero-order valence-electron chi connectivity index (χ0n) is 15.0. The molecule has 7 heteroatoms. The van der Waals surface area contributed by atoms with Gasteiger partial charge >= 0.3 is 0 Å². The van der Waals surface area contributed by atoms with Crippen molar-refractivity contribution in [2.75, 3.05) is 13.7 Å². The molecule has 1 atom stereocenters. The number of benzene rings is 1. The van der Waals surface area contributed by atoms with Crippen LogP contribution in [-0.2, 0) is 30.7 Å². The van der Waals surface area contributed by atoms with Crippen molar-refractivity contribution in [2.45, 2.75) is 45.2 Å². The molecule has 1 unspecified atom stereocenters. The number of amides is 1. The summed E-state index contributed by atoms with van der Waals surface area (Å²) in [5.41, 5.74) is 1.04. The van der Waals surface area contributed by atoms with Crippen LogP contribution >= 0.6 is 0 Å². The van der Waals surface area contributed by atoms with Gasteiger partial charge in [0, 0.05) is 19.0 Å². The first kappa shape index (κ1) is 16.9. The van der Waals surface area contributed by atoms with E-state index >= 15 is 0 Å². The Morgan fingerprint density at radius 2 is 2.27 bits per heavy atom. The zero-order valence-corrected chi connectivity index (χ0v) is 15.0. The van der Waals surface area contributed by atoms with Crippen molar-refractivity contribution in [2.24, 2.45) is 5.92 Å². The van der Waals surface area contributed by atoms with Gasteiger partial charge in [0.1, 0.15) is 23.9 Å². The summed E-state index contributed by atoms with van der Waals surface area (Å²) in [7, 11) is 1.63. The van der Waals surface area contributed by atoms with Crippen LogP contribution in [0.3, 0.4) is 0 Å². The van der Waals surface area contributed by atoms with Gasteiger partial charge in [-0.15, -0.1) is 10.2 Å². The molecular formula is C19H24N4O3. The Kier molecular flexibility index (Phi) is 4.77. The highest BCUT2D eigenvalue weighted by molar-refractivity contribution is 5.79. The molecular weight excluding hydrogens is 332 g/mol. The number of rotatable bonds is 4. The molecule has 1 aromatic carbocycles. The summed E-state index contributed by atoms with van der Waals surface area (Å²) in [5.74, 6) is 3.25. The van der Waals surface area contributed by atoms with E-state index in [1.54, 1.807) is 7.11 Å². The fourth-order valence-electron chi connectivity index (χ4n) is 3.63. The molecule has 138 valence electrons. The van der Waals surface area contributed by atoms with Gasteiger partial charge in [-0.1, -0.05) is 12.5 Å². The third-order valence-electron chi connectivity index (χ3n) is 5.16. The molecule has 7 nitrogen and oxygen atoms in total. The minimum Gasteiger partial charge on any atom is -0.497 e. The van der Waals surface area contributed by atoms with E-state index in [-0.39, 0.29) is 11.8 Å². The Morgan fingerprint density at radius 3 is 3.15 bits per heavy atom. The highest BCUT2D eigenvalue weighted by Gasteiger charge is 2.26. The number of nitrogens with zero attached hydrogens (tertiary/aromatic N) is 3. The lowest BCUT2D eigenvalue weighted by atomic mass is 9.96. The number of hydrogen-bond acceptors (Lipinski definition) is 5. The monoisotopic (exact) mass is 356 g/mol. The highest BCUT2D eigenvalue weighted by Crippen LogP contribution is 2.31.